The number of alkyl carbamates (subject to hydrolysis) is 1. The van der Waals surface area contributed by atoms with Crippen LogP contribution in [0.4, 0.5) is 16.2 Å². The van der Waals surface area contributed by atoms with Crippen molar-refractivity contribution in [3.05, 3.63) is 60.7 Å². The third-order valence-electron chi connectivity index (χ3n) is 3.82. The lowest BCUT2D eigenvalue weighted by molar-refractivity contribution is 0.177. The van der Waals surface area contributed by atoms with Crippen molar-refractivity contribution in [3.63, 3.8) is 0 Å². The molecule has 3 aromatic carbocycles. The minimum Gasteiger partial charge on any atom is -0.606 e. The predicted octanol–water partition coefficient (Wildman–Crippen LogP) is 3.64. The lowest BCUT2D eigenvalue weighted by Crippen LogP contribution is -2.34. The molecule has 0 aliphatic carbocycles. The zero-order valence-electron chi connectivity index (χ0n) is 14.4. The number of nitrogens with one attached hydrogen (secondary N) is 2. The lowest BCUT2D eigenvalue weighted by atomic mass is 10.1. The van der Waals surface area contributed by atoms with Crippen LogP contribution in [0.1, 0.15) is 0 Å². The van der Waals surface area contributed by atoms with E-state index in [1.165, 1.54) is 7.11 Å². The van der Waals surface area contributed by atoms with Crippen molar-refractivity contribution in [1.82, 2.24) is 5.32 Å². The van der Waals surface area contributed by atoms with Gasteiger partial charge in [-0.2, -0.15) is 0 Å². The van der Waals surface area contributed by atoms with E-state index >= 15 is 0 Å². The third-order valence-corrected chi connectivity index (χ3v) is 5.39. The van der Waals surface area contributed by atoms with E-state index in [1.807, 2.05) is 42.5 Å². The van der Waals surface area contributed by atoms with Crippen LogP contribution in [0.25, 0.3) is 10.8 Å². The Bertz CT molecular complexity index is 1010. The molecule has 138 valence electrons. The van der Waals surface area contributed by atoms with Crippen molar-refractivity contribution in [2.75, 3.05) is 18.2 Å². The van der Waals surface area contributed by atoms with Gasteiger partial charge in [-0.3, -0.25) is 5.32 Å². The summed E-state index contributed by atoms with van der Waals surface area (Å²) in [6.07, 6.45) is -0.693. The fourth-order valence-electron chi connectivity index (χ4n) is 2.48. The number of fused-ring (bicyclic) bond motifs is 1. The van der Waals surface area contributed by atoms with Gasteiger partial charge in [-0.25, -0.2) is 4.79 Å². The van der Waals surface area contributed by atoms with Gasteiger partial charge >= 0.3 is 6.09 Å². The van der Waals surface area contributed by atoms with Crippen molar-refractivity contribution in [3.8, 4) is 0 Å². The SMILES string of the molecule is COC(=O)NC(=S)Nc1cc([S+]([O-])c2ccc3ccccc3c2)ccc1N. The first-order valence-corrected chi connectivity index (χ1v) is 9.50. The summed E-state index contributed by atoms with van der Waals surface area (Å²) in [7, 11) is 1.24. The molecule has 3 aromatic rings. The second kappa shape index (κ2) is 8.26. The van der Waals surface area contributed by atoms with Crippen molar-refractivity contribution in [1.29, 1.82) is 0 Å². The lowest BCUT2D eigenvalue weighted by Gasteiger charge is -2.14. The fraction of sp³-hybridized carbons (Fsp3) is 0.0526. The van der Waals surface area contributed by atoms with Crippen LogP contribution in [0.5, 0.6) is 0 Å². The molecule has 0 bridgehead atoms. The maximum Gasteiger partial charge on any atom is 0.413 e. The van der Waals surface area contributed by atoms with E-state index in [0.717, 1.165) is 10.8 Å². The van der Waals surface area contributed by atoms with Crippen LogP contribution in [-0.4, -0.2) is 22.9 Å². The first-order valence-electron chi connectivity index (χ1n) is 7.94. The van der Waals surface area contributed by atoms with Gasteiger partial charge in [0.1, 0.15) is 0 Å². The van der Waals surface area contributed by atoms with Gasteiger partial charge in [-0.15, -0.1) is 0 Å². The first-order chi connectivity index (χ1) is 13.0. The topological polar surface area (TPSA) is 99.4 Å². The van der Waals surface area contributed by atoms with Crippen LogP contribution < -0.4 is 16.4 Å². The van der Waals surface area contributed by atoms with Gasteiger partial charge in [0.05, 0.1) is 18.5 Å². The van der Waals surface area contributed by atoms with Crippen LogP contribution >= 0.6 is 12.2 Å². The Morgan fingerprint density at radius 3 is 2.48 bits per heavy atom. The molecular formula is C19H17N3O3S2. The third kappa shape index (κ3) is 4.48. The molecule has 0 fully saturated rings. The smallest absolute Gasteiger partial charge is 0.413 e. The average Bonchev–Trinajstić information content (AvgIpc) is 2.68. The van der Waals surface area contributed by atoms with E-state index in [0.29, 0.717) is 21.2 Å². The number of hydrogen-bond acceptors (Lipinski definition) is 5. The maximum atomic E-state index is 13.0. The Hall–Kier alpha value is -2.81. The summed E-state index contributed by atoms with van der Waals surface area (Å²) in [6.45, 7) is 0. The molecule has 0 radical (unpaired) electrons. The summed E-state index contributed by atoms with van der Waals surface area (Å²) in [5, 5.41) is 7.27. The highest BCUT2D eigenvalue weighted by Crippen LogP contribution is 2.29. The van der Waals surface area contributed by atoms with Crippen molar-refractivity contribution >= 4 is 56.7 Å². The van der Waals surface area contributed by atoms with E-state index in [-0.39, 0.29) is 5.11 Å². The second-order valence-corrected chi connectivity index (χ2v) is 7.49. The zero-order valence-corrected chi connectivity index (χ0v) is 16.0. The van der Waals surface area contributed by atoms with Crippen LogP contribution in [-0.2, 0) is 15.9 Å². The van der Waals surface area contributed by atoms with Gasteiger partial charge in [0.25, 0.3) is 0 Å². The highest BCUT2D eigenvalue weighted by molar-refractivity contribution is 7.91. The van der Waals surface area contributed by atoms with Crippen LogP contribution in [0.2, 0.25) is 0 Å². The van der Waals surface area contributed by atoms with E-state index in [2.05, 4.69) is 15.4 Å². The molecule has 1 amide bonds. The van der Waals surface area contributed by atoms with Crippen LogP contribution in [0, 0.1) is 0 Å². The number of nitrogens with two attached hydrogens (primary N) is 1. The van der Waals surface area contributed by atoms with Crippen molar-refractivity contribution < 1.29 is 14.1 Å². The molecule has 0 heterocycles. The summed E-state index contributed by atoms with van der Waals surface area (Å²) in [4.78, 5) is 12.5. The molecule has 1 unspecified atom stereocenters. The summed E-state index contributed by atoms with van der Waals surface area (Å²) in [6, 6.07) is 18.5. The molecule has 0 saturated carbocycles. The number of hydrogen-bond donors (Lipinski definition) is 3. The molecule has 0 aliphatic heterocycles. The first kappa shape index (κ1) is 19.0. The highest BCUT2D eigenvalue weighted by atomic mass is 32.2. The van der Waals surface area contributed by atoms with Gasteiger partial charge in [0.2, 0.25) is 0 Å². The van der Waals surface area contributed by atoms with Gasteiger partial charge in [-0.1, -0.05) is 24.3 Å². The van der Waals surface area contributed by atoms with Gasteiger partial charge in [0, 0.05) is 23.3 Å². The van der Waals surface area contributed by atoms with Crippen molar-refractivity contribution in [2.24, 2.45) is 0 Å². The summed E-state index contributed by atoms with van der Waals surface area (Å²) in [5.41, 5.74) is 6.80. The minimum atomic E-state index is -1.40. The molecule has 4 N–H and O–H groups in total. The Balaban J connectivity index is 1.85. The minimum absolute atomic E-state index is 0.0298. The Morgan fingerprint density at radius 2 is 1.74 bits per heavy atom. The van der Waals surface area contributed by atoms with E-state index < -0.39 is 17.3 Å². The Morgan fingerprint density at radius 1 is 1.07 bits per heavy atom. The van der Waals surface area contributed by atoms with E-state index in [9.17, 15) is 9.35 Å². The highest BCUT2D eigenvalue weighted by Gasteiger charge is 2.17. The number of amides is 1. The molecule has 0 saturated heterocycles. The summed E-state index contributed by atoms with van der Waals surface area (Å²) < 4.78 is 17.5. The maximum absolute atomic E-state index is 13.0. The second-order valence-electron chi connectivity index (χ2n) is 5.60. The number of nitrogen functional groups attached to an aromatic ring is 1. The molecular weight excluding hydrogens is 382 g/mol. The van der Waals surface area contributed by atoms with E-state index in [1.54, 1.807) is 18.2 Å². The Labute approximate surface area is 164 Å². The monoisotopic (exact) mass is 399 g/mol. The number of rotatable bonds is 3. The van der Waals surface area contributed by atoms with Crippen LogP contribution in [0.15, 0.2) is 70.5 Å². The molecule has 0 spiro atoms. The van der Waals surface area contributed by atoms with Gasteiger partial charge in [0.15, 0.2) is 14.9 Å². The fourth-order valence-corrected chi connectivity index (χ4v) is 3.78. The largest absolute Gasteiger partial charge is 0.606 e. The molecule has 0 aliphatic rings. The summed E-state index contributed by atoms with van der Waals surface area (Å²) >= 11 is 3.64. The van der Waals surface area contributed by atoms with E-state index in [4.69, 9.17) is 18.0 Å². The molecule has 0 aromatic heterocycles. The molecule has 1 atom stereocenters. The number of anilines is 2. The quantitative estimate of drug-likeness (QED) is 0.353. The van der Waals surface area contributed by atoms with Crippen molar-refractivity contribution in [2.45, 2.75) is 9.79 Å². The predicted molar refractivity (Wildman–Crippen MR) is 111 cm³/mol. The number of carbonyl (C=O) groups excluding carboxylic acids is 1. The number of carbonyl (C=O) groups is 1. The number of ether oxygens (including phenoxy) is 1. The average molecular weight is 399 g/mol. The number of methoxy groups -OCH3 is 1. The number of thiocarbonyl (C=S) groups is 1. The molecule has 6 nitrogen and oxygen atoms in total. The zero-order chi connectivity index (χ0) is 19.4. The summed E-state index contributed by atoms with van der Waals surface area (Å²) in [5.74, 6) is 0. The standard InChI is InChI=1S/C19H17N3O3S2/c1-25-19(23)22-18(26)21-17-11-15(8-9-16(17)20)27(24)14-7-6-12-4-2-3-5-13(12)10-14/h2-11H,20H2,1H3,(H2,21,22,23,26). The molecule has 8 heteroatoms. The Kier molecular flexibility index (Phi) is 5.80. The van der Waals surface area contributed by atoms with Gasteiger partial charge < -0.3 is 20.3 Å². The van der Waals surface area contributed by atoms with Gasteiger partial charge in [-0.05, 0) is 47.3 Å². The molecule has 27 heavy (non-hydrogen) atoms. The van der Waals surface area contributed by atoms with Crippen LogP contribution in [0.3, 0.4) is 0 Å². The molecule has 3 rings (SSSR count). The normalized spacial score (nSPS) is 11.6. The number of benzene rings is 3.